The second kappa shape index (κ2) is 8.18. The molecule has 0 spiro atoms. The Kier molecular flexibility index (Phi) is 5.18. The molecule has 0 amide bonds. The molecule has 166 valence electrons. The molecule has 33 heavy (non-hydrogen) atoms. The number of aromatic carboxylic acids is 1. The minimum Gasteiger partial charge on any atom is -0.478 e. The van der Waals surface area contributed by atoms with E-state index in [2.05, 4.69) is 19.9 Å². The average molecular weight is 461 g/mol. The molecule has 8 nitrogen and oxygen atoms in total. The van der Waals surface area contributed by atoms with E-state index in [0.717, 1.165) is 24.0 Å². The van der Waals surface area contributed by atoms with Crippen molar-refractivity contribution >= 4 is 21.7 Å². The maximum Gasteiger partial charge on any atom is 0.335 e. The first-order chi connectivity index (χ1) is 15.9. The van der Waals surface area contributed by atoms with Crippen LogP contribution in [0.5, 0.6) is 0 Å². The number of benzene rings is 2. The molecule has 3 N–H and O–H groups in total. The fourth-order valence-electron chi connectivity index (χ4n) is 3.79. The normalized spacial score (nSPS) is 13.6. The molecule has 0 bridgehead atoms. The lowest BCUT2D eigenvalue weighted by atomic mass is 10.0. The number of rotatable bonds is 7. The number of nitrogens with zero attached hydrogens (tertiary/aromatic N) is 2. The highest BCUT2D eigenvalue weighted by Gasteiger charge is 2.31. The zero-order valence-corrected chi connectivity index (χ0v) is 18.2. The summed E-state index contributed by atoms with van der Waals surface area (Å²) in [5.74, 6) is -1.06. The lowest BCUT2D eigenvalue weighted by Crippen LogP contribution is -2.16. The molecule has 9 heteroatoms. The lowest BCUT2D eigenvalue weighted by Gasteiger charge is -2.16. The molecule has 1 aliphatic carbocycles. The molecule has 2 aromatic carbocycles. The van der Waals surface area contributed by atoms with Gasteiger partial charge in [0.2, 0.25) is 0 Å². The van der Waals surface area contributed by atoms with Gasteiger partial charge < -0.3 is 5.11 Å². The van der Waals surface area contributed by atoms with Crippen molar-refractivity contribution in [3.05, 3.63) is 84.3 Å². The van der Waals surface area contributed by atoms with Gasteiger partial charge in [-0.2, -0.15) is 5.10 Å². The molecule has 0 atom stereocenters. The van der Waals surface area contributed by atoms with E-state index in [1.165, 1.54) is 12.1 Å². The number of carboxylic acids is 1. The van der Waals surface area contributed by atoms with Crippen LogP contribution < -0.4 is 4.72 Å². The van der Waals surface area contributed by atoms with Gasteiger partial charge in [-0.05, 0) is 60.2 Å². The molecule has 5 rings (SSSR count). The van der Waals surface area contributed by atoms with Gasteiger partial charge in [-0.25, -0.2) is 13.2 Å². The van der Waals surface area contributed by atoms with Crippen molar-refractivity contribution in [2.75, 3.05) is 4.72 Å². The van der Waals surface area contributed by atoms with Gasteiger partial charge in [0.1, 0.15) is 0 Å². The first kappa shape index (κ1) is 20.9. The number of H-pyrrole nitrogens is 1. The van der Waals surface area contributed by atoms with E-state index in [1.807, 2.05) is 12.1 Å². The number of aromatic amines is 1. The van der Waals surface area contributed by atoms with E-state index in [9.17, 15) is 18.3 Å². The highest BCUT2D eigenvalue weighted by Crippen LogP contribution is 2.43. The van der Waals surface area contributed by atoms with Crippen LogP contribution in [0.2, 0.25) is 0 Å². The summed E-state index contributed by atoms with van der Waals surface area (Å²) in [4.78, 5) is 15.9. The summed E-state index contributed by atoms with van der Waals surface area (Å²) < 4.78 is 29.8. The monoisotopic (exact) mass is 460 g/mol. The number of carboxylic acid groups (broad SMARTS) is 1. The number of aromatic nitrogens is 3. The molecule has 1 fully saturated rings. The smallest absolute Gasteiger partial charge is 0.335 e. The van der Waals surface area contributed by atoms with Crippen molar-refractivity contribution < 1.29 is 18.3 Å². The summed E-state index contributed by atoms with van der Waals surface area (Å²) >= 11 is 0. The minimum absolute atomic E-state index is 0.00872. The van der Waals surface area contributed by atoms with Crippen LogP contribution >= 0.6 is 0 Å². The number of anilines is 1. The van der Waals surface area contributed by atoms with E-state index in [0.29, 0.717) is 22.5 Å². The lowest BCUT2D eigenvalue weighted by molar-refractivity contribution is 0.0696. The number of pyridine rings is 1. The topological polar surface area (TPSA) is 125 Å². The van der Waals surface area contributed by atoms with E-state index >= 15 is 0 Å². The van der Waals surface area contributed by atoms with Gasteiger partial charge in [0.25, 0.3) is 10.0 Å². The number of carbonyl (C=O) groups is 1. The zero-order chi connectivity index (χ0) is 23.0. The first-order valence-electron chi connectivity index (χ1n) is 10.4. The van der Waals surface area contributed by atoms with Gasteiger partial charge in [-0.3, -0.25) is 14.8 Å². The maximum atomic E-state index is 13.6. The van der Waals surface area contributed by atoms with Crippen molar-refractivity contribution in [3.8, 4) is 22.4 Å². The maximum absolute atomic E-state index is 13.6. The summed E-state index contributed by atoms with van der Waals surface area (Å²) in [6, 6.07) is 15.1. The van der Waals surface area contributed by atoms with E-state index in [-0.39, 0.29) is 16.4 Å². The fraction of sp³-hybridized carbons (Fsp3) is 0.125. The number of hydrogen-bond donors (Lipinski definition) is 3. The summed E-state index contributed by atoms with van der Waals surface area (Å²) in [5, 5.41) is 16.1. The van der Waals surface area contributed by atoms with E-state index in [1.54, 1.807) is 48.9 Å². The van der Waals surface area contributed by atoms with Crippen LogP contribution in [0.3, 0.4) is 0 Å². The summed E-state index contributed by atoms with van der Waals surface area (Å²) in [6.07, 6.45) is 6.76. The predicted molar refractivity (Wildman–Crippen MR) is 123 cm³/mol. The van der Waals surface area contributed by atoms with Crippen molar-refractivity contribution in [2.45, 2.75) is 23.7 Å². The van der Waals surface area contributed by atoms with Crippen LogP contribution in [-0.4, -0.2) is 34.7 Å². The second-order valence-corrected chi connectivity index (χ2v) is 9.55. The van der Waals surface area contributed by atoms with Gasteiger partial charge in [0.05, 0.1) is 28.0 Å². The first-order valence-corrected chi connectivity index (χ1v) is 11.9. The van der Waals surface area contributed by atoms with Gasteiger partial charge in [-0.1, -0.05) is 24.3 Å². The number of sulfonamides is 1. The van der Waals surface area contributed by atoms with Crippen LogP contribution in [-0.2, 0) is 10.0 Å². The molecular formula is C24H20N4O4S. The Balaban J connectivity index is 1.63. The summed E-state index contributed by atoms with van der Waals surface area (Å²) in [7, 11) is -4.09. The molecule has 0 saturated heterocycles. The molecular weight excluding hydrogens is 440 g/mol. The number of hydrogen-bond acceptors (Lipinski definition) is 5. The SMILES string of the molecule is O=C(O)c1ccc(C2CC2)c(S(=O)(=O)Nc2cc(-c3cn[nH]c3)ccc2-c2ccccn2)c1. The minimum atomic E-state index is -4.09. The van der Waals surface area contributed by atoms with Gasteiger partial charge in [0.15, 0.2) is 0 Å². The summed E-state index contributed by atoms with van der Waals surface area (Å²) in [6.45, 7) is 0. The molecule has 1 saturated carbocycles. The Labute approximate surface area is 190 Å². The van der Waals surface area contributed by atoms with Crippen molar-refractivity contribution in [3.63, 3.8) is 0 Å². The van der Waals surface area contributed by atoms with Crippen LogP contribution in [0.15, 0.2) is 78.1 Å². The third-order valence-electron chi connectivity index (χ3n) is 5.60. The van der Waals surface area contributed by atoms with Crippen molar-refractivity contribution in [2.24, 2.45) is 0 Å². The third-order valence-corrected chi connectivity index (χ3v) is 7.02. The number of nitrogens with one attached hydrogen (secondary N) is 2. The van der Waals surface area contributed by atoms with Crippen LogP contribution in [0.4, 0.5) is 5.69 Å². The van der Waals surface area contributed by atoms with Crippen molar-refractivity contribution in [1.82, 2.24) is 15.2 Å². The largest absolute Gasteiger partial charge is 0.478 e. The summed E-state index contributed by atoms with van der Waals surface area (Å²) in [5.41, 5.74) is 3.69. The van der Waals surface area contributed by atoms with E-state index in [4.69, 9.17) is 0 Å². The molecule has 2 heterocycles. The molecule has 2 aromatic heterocycles. The van der Waals surface area contributed by atoms with E-state index < -0.39 is 16.0 Å². The van der Waals surface area contributed by atoms with Crippen LogP contribution in [0, 0.1) is 0 Å². The third kappa shape index (κ3) is 4.22. The Bertz CT molecular complexity index is 1430. The molecule has 0 unspecified atom stereocenters. The highest BCUT2D eigenvalue weighted by atomic mass is 32.2. The second-order valence-electron chi connectivity index (χ2n) is 7.90. The Morgan fingerprint density at radius 2 is 1.91 bits per heavy atom. The van der Waals surface area contributed by atoms with Crippen LogP contribution in [0.25, 0.3) is 22.4 Å². The zero-order valence-electron chi connectivity index (χ0n) is 17.4. The van der Waals surface area contributed by atoms with Crippen molar-refractivity contribution in [1.29, 1.82) is 0 Å². The molecule has 0 aliphatic heterocycles. The van der Waals surface area contributed by atoms with Crippen LogP contribution in [0.1, 0.15) is 34.7 Å². The predicted octanol–water partition coefficient (Wildman–Crippen LogP) is 4.52. The fourth-order valence-corrected chi connectivity index (χ4v) is 5.19. The highest BCUT2D eigenvalue weighted by molar-refractivity contribution is 7.92. The average Bonchev–Trinajstić information content (AvgIpc) is 3.52. The van der Waals surface area contributed by atoms with Gasteiger partial charge in [0, 0.05) is 23.5 Å². The van der Waals surface area contributed by atoms with Gasteiger partial charge in [-0.15, -0.1) is 0 Å². The Morgan fingerprint density at radius 1 is 1.06 bits per heavy atom. The Hall–Kier alpha value is -3.98. The molecule has 0 radical (unpaired) electrons. The Morgan fingerprint density at radius 3 is 2.58 bits per heavy atom. The quantitative estimate of drug-likeness (QED) is 0.372. The standard InChI is InChI=1S/C24H20N4O4S/c29-24(30)17-7-8-19(15-4-5-15)23(12-17)33(31,32)28-22-11-16(18-13-26-27-14-18)6-9-20(22)21-3-1-2-10-25-21/h1-3,6-15,28H,4-5H2,(H,26,27)(H,29,30). The van der Waals surface area contributed by atoms with Gasteiger partial charge >= 0.3 is 5.97 Å². The molecule has 4 aromatic rings. The molecule has 1 aliphatic rings.